The first-order chi connectivity index (χ1) is 8.08. The standard InChI is InChI=1S/C11H13N3O3/c1-3-4-5-14-10(15)8(6-12)7(2)9(13-17)11(14)16/h15H,3-5H2,1-2H3. The zero-order valence-corrected chi connectivity index (χ0v) is 9.73. The topological polar surface area (TPSA) is 95.4 Å². The molecule has 0 fully saturated rings. The van der Waals surface area contributed by atoms with E-state index < -0.39 is 11.4 Å². The number of pyridine rings is 1. The molecule has 0 atom stereocenters. The fourth-order valence-electron chi connectivity index (χ4n) is 1.57. The Balaban J connectivity index is 3.55. The Kier molecular flexibility index (Phi) is 3.99. The molecular weight excluding hydrogens is 222 g/mol. The molecule has 0 aliphatic heterocycles. The molecule has 0 saturated heterocycles. The Bertz CT molecular complexity index is 540. The molecule has 0 amide bonds. The van der Waals surface area contributed by atoms with E-state index in [1.807, 2.05) is 6.92 Å². The van der Waals surface area contributed by atoms with Crippen LogP contribution in [0.15, 0.2) is 9.97 Å². The van der Waals surface area contributed by atoms with Crippen LogP contribution >= 0.6 is 0 Å². The molecule has 0 unspecified atom stereocenters. The lowest BCUT2D eigenvalue weighted by Gasteiger charge is -2.11. The minimum Gasteiger partial charge on any atom is -0.493 e. The Morgan fingerprint density at radius 3 is 2.65 bits per heavy atom. The van der Waals surface area contributed by atoms with E-state index in [2.05, 4.69) is 5.18 Å². The molecule has 0 spiro atoms. The van der Waals surface area contributed by atoms with E-state index in [-0.39, 0.29) is 23.4 Å². The SMILES string of the molecule is CCCCn1c(O)c(C#N)c(C)c(N=O)c1=O. The number of aromatic nitrogens is 1. The van der Waals surface area contributed by atoms with Gasteiger partial charge in [-0.05, 0) is 18.5 Å². The van der Waals surface area contributed by atoms with Crippen molar-refractivity contribution in [3.05, 3.63) is 26.4 Å². The molecule has 1 rings (SSSR count). The number of rotatable bonds is 4. The minimum absolute atomic E-state index is 0.0738. The van der Waals surface area contributed by atoms with E-state index in [0.29, 0.717) is 6.42 Å². The average Bonchev–Trinajstić information content (AvgIpc) is 2.30. The molecule has 0 radical (unpaired) electrons. The van der Waals surface area contributed by atoms with Crippen LogP contribution in [0, 0.1) is 23.2 Å². The van der Waals surface area contributed by atoms with Crippen LogP contribution in [0.2, 0.25) is 0 Å². The van der Waals surface area contributed by atoms with E-state index in [1.54, 1.807) is 6.07 Å². The second-order valence-corrected chi connectivity index (χ2v) is 3.69. The van der Waals surface area contributed by atoms with E-state index >= 15 is 0 Å². The quantitative estimate of drug-likeness (QED) is 0.806. The zero-order chi connectivity index (χ0) is 13.0. The second-order valence-electron chi connectivity index (χ2n) is 3.69. The van der Waals surface area contributed by atoms with Crippen LogP contribution in [0.1, 0.15) is 30.9 Å². The Morgan fingerprint density at radius 1 is 1.53 bits per heavy atom. The molecule has 0 aliphatic rings. The normalized spacial score (nSPS) is 9.94. The van der Waals surface area contributed by atoms with Crippen LogP contribution in [-0.2, 0) is 6.54 Å². The van der Waals surface area contributed by atoms with Crippen molar-refractivity contribution < 1.29 is 5.11 Å². The summed E-state index contributed by atoms with van der Waals surface area (Å²) in [5.74, 6) is -0.393. The lowest BCUT2D eigenvalue weighted by atomic mass is 10.1. The number of nitroso groups, excluding NO2 is 1. The molecular formula is C11H13N3O3. The largest absolute Gasteiger partial charge is 0.493 e. The Hall–Kier alpha value is -2.16. The zero-order valence-electron chi connectivity index (χ0n) is 9.73. The van der Waals surface area contributed by atoms with E-state index in [0.717, 1.165) is 11.0 Å². The first-order valence-electron chi connectivity index (χ1n) is 5.28. The van der Waals surface area contributed by atoms with Crippen molar-refractivity contribution in [3.8, 4) is 11.9 Å². The van der Waals surface area contributed by atoms with Gasteiger partial charge in [0.15, 0.2) is 5.69 Å². The van der Waals surface area contributed by atoms with Crippen molar-refractivity contribution in [1.82, 2.24) is 4.57 Å². The maximum atomic E-state index is 11.8. The van der Waals surface area contributed by atoms with Crippen LogP contribution in [0.3, 0.4) is 0 Å². The van der Waals surface area contributed by atoms with Crippen molar-refractivity contribution >= 4 is 5.69 Å². The molecule has 1 aromatic rings. The summed E-state index contributed by atoms with van der Waals surface area (Å²) in [6, 6.07) is 1.77. The van der Waals surface area contributed by atoms with Gasteiger partial charge in [0.05, 0.1) is 0 Å². The summed E-state index contributed by atoms with van der Waals surface area (Å²) in [6.07, 6.45) is 1.49. The van der Waals surface area contributed by atoms with Gasteiger partial charge in [-0.15, -0.1) is 4.91 Å². The van der Waals surface area contributed by atoms with Gasteiger partial charge in [0.25, 0.3) is 5.56 Å². The molecule has 17 heavy (non-hydrogen) atoms. The summed E-state index contributed by atoms with van der Waals surface area (Å²) >= 11 is 0. The molecule has 0 saturated carbocycles. The van der Waals surface area contributed by atoms with Gasteiger partial charge in [0.2, 0.25) is 5.88 Å². The highest BCUT2D eigenvalue weighted by atomic mass is 16.3. The first-order valence-corrected chi connectivity index (χ1v) is 5.28. The van der Waals surface area contributed by atoms with Crippen molar-refractivity contribution in [1.29, 1.82) is 5.26 Å². The van der Waals surface area contributed by atoms with Crippen molar-refractivity contribution in [2.45, 2.75) is 33.2 Å². The maximum Gasteiger partial charge on any atom is 0.283 e. The van der Waals surface area contributed by atoms with E-state index in [1.165, 1.54) is 6.92 Å². The van der Waals surface area contributed by atoms with Crippen molar-refractivity contribution in [2.24, 2.45) is 5.18 Å². The number of unbranched alkanes of at least 4 members (excludes halogenated alkanes) is 1. The molecule has 6 nitrogen and oxygen atoms in total. The minimum atomic E-state index is -0.651. The molecule has 90 valence electrons. The Labute approximate surface area is 98.1 Å². The first kappa shape index (κ1) is 12.9. The fourth-order valence-corrected chi connectivity index (χ4v) is 1.57. The van der Waals surface area contributed by atoms with Crippen LogP contribution in [-0.4, -0.2) is 9.67 Å². The second kappa shape index (κ2) is 5.25. The third-order valence-corrected chi connectivity index (χ3v) is 2.60. The summed E-state index contributed by atoms with van der Waals surface area (Å²) in [6.45, 7) is 3.61. The number of hydrogen-bond acceptors (Lipinski definition) is 5. The van der Waals surface area contributed by atoms with Crippen LogP contribution in [0.5, 0.6) is 5.88 Å². The molecule has 0 aliphatic carbocycles. The number of nitriles is 1. The molecule has 0 aromatic carbocycles. The third-order valence-electron chi connectivity index (χ3n) is 2.60. The van der Waals surface area contributed by atoms with Crippen molar-refractivity contribution in [2.75, 3.05) is 0 Å². The van der Waals surface area contributed by atoms with Gasteiger partial charge in [-0.3, -0.25) is 9.36 Å². The fraction of sp³-hybridized carbons (Fsp3) is 0.455. The van der Waals surface area contributed by atoms with Crippen LogP contribution < -0.4 is 5.56 Å². The van der Waals surface area contributed by atoms with Gasteiger partial charge >= 0.3 is 0 Å². The average molecular weight is 235 g/mol. The molecule has 1 N–H and O–H groups in total. The van der Waals surface area contributed by atoms with Crippen molar-refractivity contribution in [3.63, 3.8) is 0 Å². The molecule has 6 heteroatoms. The highest BCUT2D eigenvalue weighted by molar-refractivity contribution is 5.56. The number of hydrogen-bond donors (Lipinski definition) is 1. The van der Waals surface area contributed by atoms with Crippen LogP contribution in [0.25, 0.3) is 0 Å². The predicted molar refractivity (Wildman–Crippen MR) is 62.2 cm³/mol. The summed E-state index contributed by atoms with van der Waals surface area (Å²) in [7, 11) is 0. The van der Waals surface area contributed by atoms with Gasteiger partial charge in [0, 0.05) is 12.1 Å². The lowest BCUT2D eigenvalue weighted by molar-refractivity contribution is 0.399. The van der Waals surface area contributed by atoms with Gasteiger partial charge in [-0.2, -0.15) is 5.26 Å². The molecule has 1 heterocycles. The van der Waals surface area contributed by atoms with Gasteiger partial charge in [0.1, 0.15) is 11.6 Å². The van der Waals surface area contributed by atoms with E-state index in [4.69, 9.17) is 5.26 Å². The maximum absolute atomic E-state index is 11.8. The third kappa shape index (κ3) is 2.18. The number of aromatic hydroxyl groups is 1. The summed E-state index contributed by atoms with van der Waals surface area (Å²) in [5.41, 5.74) is -0.911. The Morgan fingerprint density at radius 2 is 2.18 bits per heavy atom. The summed E-state index contributed by atoms with van der Waals surface area (Å²) in [5, 5.41) is 21.3. The predicted octanol–water partition coefficient (Wildman–Crippen LogP) is 1.93. The highest BCUT2D eigenvalue weighted by Crippen LogP contribution is 2.25. The molecule has 1 aromatic heterocycles. The number of nitrogens with zero attached hydrogens (tertiary/aromatic N) is 3. The van der Waals surface area contributed by atoms with Gasteiger partial charge in [-0.1, -0.05) is 13.3 Å². The summed E-state index contributed by atoms with van der Waals surface area (Å²) in [4.78, 5) is 22.4. The van der Waals surface area contributed by atoms with E-state index in [9.17, 15) is 14.8 Å². The smallest absolute Gasteiger partial charge is 0.283 e. The van der Waals surface area contributed by atoms with Gasteiger partial charge < -0.3 is 5.11 Å². The molecule has 0 bridgehead atoms. The lowest BCUT2D eigenvalue weighted by Crippen LogP contribution is -2.21. The monoisotopic (exact) mass is 235 g/mol. The van der Waals surface area contributed by atoms with Crippen LogP contribution in [0.4, 0.5) is 5.69 Å². The highest BCUT2D eigenvalue weighted by Gasteiger charge is 2.19. The summed E-state index contributed by atoms with van der Waals surface area (Å²) < 4.78 is 1.02. The van der Waals surface area contributed by atoms with Gasteiger partial charge in [-0.25, -0.2) is 0 Å².